The number of anilines is 2. The fourth-order valence-electron chi connectivity index (χ4n) is 3.06. The van der Waals surface area contributed by atoms with E-state index in [0.29, 0.717) is 23.5 Å². The fraction of sp³-hybridized carbons (Fsp3) is 0.455. The molecular formula is C22H33N3OS. The minimum atomic E-state index is 0.590. The van der Waals surface area contributed by atoms with Gasteiger partial charge in [0.05, 0.1) is 18.0 Å². The van der Waals surface area contributed by atoms with Crippen molar-refractivity contribution in [2.45, 2.75) is 62.4 Å². The van der Waals surface area contributed by atoms with E-state index in [9.17, 15) is 0 Å². The van der Waals surface area contributed by atoms with Gasteiger partial charge >= 0.3 is 0 Å². The maximum atomic E-state index is 5.88. The van der Waals surface area contributed by atoms with Gasteiger partial charge in [0.15, 0.2) is 0 Å². The fourth-order valence-corrected chi connectivity index (χ4v) is 3.92. The molecule has 0 unspecified atom stereocenters. The van der Waals surface area contributed by atoms with Crippen molar-refractivity contribution >= 4 is 23.1 Å². The van der Waals surface area contributed by atoms with Crippen molar-refractivity contribution in [2.24, 2.45) is 0 Å². The molecule has 0 saturated carbocycles. The summed E-state index contributed by atoms with van der Waals surface area (Å²) in [5.74, 6) is 0.917. The second-order valence-corrected chi connectivity index (χ2v) is 8.49. The Morgan fingerprint density at radius 3 is 2.07 bits per heavy atom. The van der Waals surface area contributed by atoms with Gasteiger partial charge in [0, 0.05) is 21.9 Å². The summed E-state index contributed by atoms with van der Waals surface area (Å²) in [5, 5.41) is 0. The van der Waals surface area contributed by atoms with Crippen molar-refractivity contribution in [1.82, 2.24) is 4.90 Å². The maximum Gasteiger partial charge on any atom is 0.119 e. The smallest absolute Gasteiger partial charge is 0.119 e. The van der Waals surface area contributed by atoms with Gasteiger partial charge in [0.1, 0.15) is 5.75 Å². The summed E-state index contributed by atoms with van der Waals surface area (Å²) in [6, 6.07) is 15.1. The molecule has 4 nitrogen and oxygen atoms in total. The number of hydrogen-bond acceptors (Lipinski definition) is 5. The van der Waals surface area contributed by atoms with Crippen LogP contribution in [0.5, 0.6) is 5.75 Å². The first-order valence-electron chi connectivity index (χ1n) is 9.68. The Balaban J connectivity index is 1.74. The Labute approximate surface area is 168 Å². The van der Waals surface area contributed by atoms with E-state index in [2.05, 4.69) is 44.7 Å². The third kappa shape index (κ3) is 7.00. The minimum Gasteiger partial charge on any atom is -0.494 e. The summed E-state index contributed by atoms with van der Waals surface area (Å²) in [5.41, 5.74) is 12.9. The number of nitrogen functional groups attached to an aromatic ring is 2. The van der Waals surface area contributed by atoms with Gasteiger partial charge in [0.2, 0.25) is 0 Å². The number of nitrogens with zero attached hydrogens (tertiary/aromatic N) is 1. The molecule has 2 aromatic carbocycles. The second kappa shape index (κ2) is 10.5. The number of ether oxygens (including phenoxy) is 1. The van der Waals surface area contributed by atoms with E-state index in [0.717, 1.165) is 41.5 Å². The van der Waals surface area contributed by atoms with Crippen molar-refractivity contribution < 1.29 is 4.74 Å². The zero-order chi connectivity index (χ0) is 19.8. The lowest BCUT2D eigenvalue weighted by molar-refractivity contribution is 0.167. The van der Waals surface area contributed by atoms with E-state index in [-0.39, 0.29) is 0 Å². The third-order valence-electron chi connectivity index (χ3n) is 4.52. The molecule has 0 radical (unpaired) electrons. The van der Waals surface area contributed by atoms with Gasteiger partial charge < -0.3 is 16.2 Å². The lowest BCUT2D eigenvalue weighted by Crippen LogP contribution is -2.37. The van der Waals surface area contributed by atoms with E-state index < -0.39 is 0 Å². The number of benzene rings is 2. The van der Waals surface area contributed by atoms with Crippen LogP contribution in [0.1, 0.15) is 40.5 Å². The van der Waals surface area contributed by atoms with Crippen molar-refractivity contribution in [3.8, 4) is 5.75 Å². The standard InChI is InChI=1S/C22H33N3OS/c1-16(2)25(17(3)4)13-5-6-14-26-18-7-9-19(10-8-18)27-20-11-12-21(23)22(24)15-20/h7-12,15-17H,5-6,13-14,23-24H2,1-4H3. The molecule has 0 amide bonds. The first kappa shape index (κ1) is 21.5. The largest absolute Gasteiger partial charge is 0.494 e. The molecule has 0 spiro atoms. The number of rotatable bonds is 10. The number of hydrogen-bond donors (Lipinski definition) is 2. The van der Waals surface area contributed by atoms with Crippen LogP contribution < -0.4 is 16.2 Å². The summed E-state index contributed by atoms with van der Waals surface area (Å²) in [6.07, 6.45) is 2.22. The average molecular weight is 388 g/mol. The van der Waals surface area contributed by atoms with E-state index in [4.69, 9.17) is 16.2 Å². The van der Waals surface area contributed by atoms with Gasteiger partial charge in [-0.3, -0.25) is 4.90 Å². The van der Waals surface area contributed by atoms with Gasteiger partial charge in [-0.15, -0.1) is 0 Å². The Kier molecular flexibility index (Phi) is 8.32. The summed E-state index contributed by atoms with van der Waals surface area (Å²) < 4.78 is 5.88. The number of nitrogens with two attached hydrogens (primary N) is 2. The molecule has 0 aliphatic carbocycles. The first-order chi connectivity index (χ1) is 12.9. The van der Waals surface area contributed by atoms with Gasteiger partial charge in [-0.25, -0.2) is 0 Å². The monoisotopic (exact) mass is 387 g/mol. The molecule has 4 N–H and O–H groups in total. The topological polar surface area (TPSA) is 64.5 Å². The Morgan fingerprint density at radius 1 is 0.852 bits per heavy atom. The zero-order valence-corrected chi connectivity index (χ0v) is 17.8. The average Bonchev–Trinajstić information content (AvgIpc) is 2.62. The third-order valence-corrected chi connectivity index (χ3v) is 5.52. The molecule has 27 heavy (non-hydrogen) atoms. The van der Waals surface area contributed by atoms with E-state index >= 15 is 0 Å². The zero-order valence-electron chi connectivity index (χ0n) is 16.9. The molecule has 0 aliphatic heterocycles. The Bertz CT molecular complexity index is 693. The van der Waals surface area contributed by atoms with Crippen LogP contribution in [-0.2, 0) is 0 Å². The Morgan fingerprint density at radius 2 is 1.48 bits per heavy atom. The molecule has 2 aromatic rings. The highest BCUT2D eigenvalue weighted by molar-refractivity contribution is 7.99. The maximum absolute atomic E-state index is 5.88. The van der Waals surface area contributed by atoms with Gasteiger partial charge in [-0.2, -0.15) is 0 Å². The highest BCUT2D eigenvalue weighted by atomic mass is 32.2. The van der Waals surface area contributed by atoms with Crippen LogP contribution >= 0.6 is 11.8 Å². The first-order valence-corrected chi connectivity index (χ1v) is 10.5. The van der Waals surface area contributed by atoms with Crippen molar-refractivity contribution in [3.05, 3.63) is 42.5 Å². The molecule has 0 aliphatic rings. The van der Waals surface area contributed by atoms with Gasteiger partial charge in [0.25, 0.3) is 0 Å². The molecule has 0 fully saturated rings. The predicted molar refractivity (Wildman–Crippen MR) is 118 cm³/mol. The lowest BCUT2D eigenvalue weighted by atomic mass is 10.2. The van der Waals surface area contributed by atoms with Crippen LogP contribution in [0.25, 0.3) is 0 Å². The van der Waals surface area contributed by atoms with Crippen LogP contribution in [0.4, 0.5) is 11.4 Å². The van der Waals surface area contributed by atoms with Crippen LogP contribution in [0.3, 0.4) is 0 Å². The summed E-state index contributed by atoms with van der Waals surface area (Å²) in [4.78, 5) is 4.75. The van der Waals surface area contributed by atoms with Crippen molar-refractivity contribution in [3.63, 3.8) is 0 Å². The predicted octanol–water partition coefficient (Wildman–Crippen LogP) is 5.28. The van der Waals surface area contributed by atoms with Crippen molar-refractivity contribution in [1.29, 1.82) is 0 Å². The van der Waals surface area contributed by atoms with Crippen LogP contribution in [-0.4, -0.2) is 30.1 Å². The second-order valence-electron chi connectivity index (χ2n) is 7.35. The lowest BCUT2D eigenvalue weighted by Gasteiger charge is -2.30. The van der Waals surface area contributed by atoms with E-state index in [1.807, 2.05) is 30.3 Å². The molecule has 0 saturated heterocycles. The quantitative estimate of drug-likeness (QED) is 0.429. The molecular weight excluding hydrogens is 354 g/mol. The van der Waals surface area contributed by atoms with Gasteiger partial charge in [-0.1, -0.05) is 11.8 Å². The molecule has 0 heterocycles. The summed E-state index contributed by atoms with van der Waals surface area (Å²) in [7, 11) is 0. The highest BCUT2D eigenvalue weighted by Gasteiger charge is 2.12. The van der Waals surface area contributed by atoms with E-state index in [1.54, 1.807) is 11.8 Å². The van der Waals surface area contributed by atoms with Gasteiger partial charge in [-0.05, 0) is 89.5 Å². The number of unbranched alkanes of at least 4 members (excludes halogenated alkanes) is 1. The highest BCUT2D eigenvalue weighted by Crippen LogP contribution is 2.31. The van der Waals surface area contributed by atoms with E-state index in [1.165, 1.54) is 0 Å². The summed E-state index contributed by atoms with van der Waals surface area (Å²) in [6.45, 7) is 10.9. The normalized spacial score (nSPS) is 11.5. The molecule has 0 atom stereocenters. The van der Waals surface area contributed by atoms with Crippen molar-refractivity contribution in [2.75, 3.05) is 24.6 Å². The minimum absolute atomic E-state index is 0.590. The molecule has 5 heteroatoms. The van der Waals surface area contributed by atoms with Crippen LogP contribution in [0, 0.1) is 0 Å². The molecule has 2 rings (SSSR count). The molecule has 148 valence electrons. The van der Waals surface area contributed by atoms with Crippen LogP contribution in [0.2, 0.25) is 0 Å². The van der Waals surface area contributed by atoms with Crippen LogP contribution in [0.15, 0.2) is 52.3 Å². The molecule has 0 aromatic heterocycles. The Hall–Kier alpha value is -1.85. The molecule has 0 bridgehead atoms. The summed E-state index contributed by atoms with van der Waals surface area (Å²) >= 11 is 1.66. The SMILES string of the molecule is CC(C)N(CCCCOc1ccc(Sc2ccc(N)c(N)c2)cc1)C(C)C.